The van der Waals surface area contributed by atoms with E-state index in [9.17, 15) is 25.3 Å². The Morgan fingerprint density at radius 2 is 0.800 bits per heavy atom. The molecular weight excluding hydrogens is 512 g/mol. The lowest BCUT2D eigenvalue weighted by molar-refractivity contribution is 0.481. The average molecular weight is 529 g/mol. The van der Waals surface area contributed by atoms with Crippen molar-refractivity contribution in [3.05, 3.63) is 84.9 Å². The molecule has 5 rings (SSSR count). The topological polar surface area (TPSA) is 143 Å². The lowest BCUT2D eigenvalue weighted by Gasteiger charge is -2.06. The smallest absolute Gasteiger partial charge is 0.282 e. The van der Waals surface area contributed by atoms with Gasteiger partial charge in [0.1, 0.15) is 0 Å². The highest BCUT2D eigenvalue weighted by Crippen LogP contribution is 2.46. The van der Waals surface area contributed by atoms with Gasteiger partial charge in [-0.25, -0.2) is 8.42 Å². The molecule has 0 atom stereocenters. The largest absolute Gasteiger partial charge is 0.294 e. The molecule has 0 fully saturated rings. The summed E-state index contributed by atoms with van der Waals surface area (Å²) >= 11 is 0. The maximum Gasteiger partial charge on any atom is 0.294 e. The molecule has 0 spiro atoms. The van der Waals surface area contributed by atoms with Crippen LogP contribution >= 0.6 is 0 Å². The Labute approximate surface area is 201 Å². The van der Waals surface area contributed by atoms with E-state index in [-0.39, 0.29) is 19.6 Å². The van der Waals surface area contributed by atoms with Crippen molar-refractivity contribution in [2.24, 2.45) is 0 Å². The lowest BCUT2D eigenvalue weighted by atomic mass is 9.98. The summed E-state index contributed by atoms with van der Waals surface area (Å²) in [5.41, 5.74) is 3.33. The second-order valence-electron chi connectivity index (χ2n) is 7.92. The SMILES string of the molecule is O=S(=O)(O)c1ccc(-c2ccc3c(c2)S(=O)(=O)c2cc(-c4ccc(S(=O)(=O)O)cc4)ccc2-3)cc1. The minimum Gasteiger partial charge on any atom is -0.282 e. The summed E-state index contributed by atoms with van der Waals surface area (Å²) in [6.07, 6.45) is 0. The van der Waals surface area contributed by atoms with Gasteiger partial charge in [0.05, 0.1) is 19.6 Å². The van der Waals surface area contributed by atoms with E-state index in [4.69, 9.17) is 9.11 Å². The number of hydrogen-bond donors (Lipinski definition) is 2. The van der Waals surface area contributed by atoms with E-state index >= 15 is 0 Å². The molecule has 178 valence electrons. The van der Waals surface area contributed by atoms with Gasteiger partial charge in [0.15, 0.2) is 0 Å². The average Bonchev–Trinajstić information content (AvgIpc) is 3.04. The van der Waals surface area contributed by atoms with Crippen LogP contribution in [-0.2, 0) is 30.1 Å². The van der Waals surface area contributed by atoms with Gasteiger partial charge >= 0.3 is 0 Å². The second-order valence-corrected chi connectivity index (χ2v) is 12.7. The molecular formula is C24H16O8S3. The lowest BCUT2D eigenvalue weighted by Crippen LogP contribution is -1.98. The maximum absolute atomic E-state index is 13.4. The summed E-state index contributed by atoms with van der Waals surface area (Å²) in [5, 5.41) is 0. The molecule has 0 amide bonds. The van der Waals surface area contributed by atoms with Crippen molar-refractivity contribution in [2.45, 2.75) is 19.6 Å². The van der Waals surface area contributed by atoms with E-state index in [0.29, 0.717) is 33.4 Å². The van der Waals surface area contributed by atoms with Gasteiger partial charge in [0.25, 0.3) is 20.2 Å². The highest BCUT2D eigenvalue weighted by Gasteiger charge is 2.33. The van der Waals surface area contributed by atoms with Crippen molar-refractivity contribution in [3.8, 4) is 33.4 Å². The van der Waals surface area contributed by atoms with Crippen LogP contribution in [0.15, 0.2) is 105 Å². The minimum atomic E-state index is -4.34. The molecule has 35 heavy (non-hydrogen) atoms. The van der Waals surface area contributed by atoms with E-state index in [1.54, 1.807) is 24.3 Å². The van der Waals surface area contributed by atoms with Gasteiger partial charge in [-0.3, -0.25) is 9.11 Å². The molecule has 11 heteroatoms. The maximum atomic E-state index is 13.4. The molecule has 0 aromatic heterocycles. The van der Waals surface area contributed by atoms with Gasteiger partial charge in [-0.1, -0.05) is 48.5 Å². The van der Waals surface area contributed by atoms with Gasteiger partial charge in [0, 0.05) is 11.1 Å². The number of fused-ring (bicyclic) bond motifs is 3. The van der Waals surface area contributed by atoms with Crippen molar-refractivity contribution in [1.29, 1.82) is 0 Å². The third-order valence-electron chi connectivity index (χ3n) is 5.80. The molecule has 0 saturated heterocycles. The Hall–Kier alpha value is -3.35. The highest BCUT2D eigenvalue weighted by molar-refractivity contribution is 7.92. The van der Waals surface area contributed by atoms with Gasteiger partial charge < -0.3 is 0 Å². The first-order chi connectivity index (χ1) is 16.4. The number of benzene rings is 4. The Bertz CT molecular complexity index is 1690. The van der Waals surface area contributed by atoms with Crippen LogP contribution in [0.1, 0.15) is 0 Å². The summed E-state index contributed by atoms with van der Waals surface area (Å²) in [6.45, 7) is 0. The molecule has 8 nitrogen and oxygen atoms in total. The Balaban J connectivity index is 1.55. The normalized spacial score (nSPS) is 14.3. The van der Waals surface area contributed by atoms with Crippen LogP contribution in [-0.4, -0.2) is 34.4 Å². The Morgan fingerprint density at radius 3 is 1.11 bits per heavy atom. The van der Waals surface area contributed by atoms with E-state index in [2.05, 4.69) is 0 Å². The van der Waals surface area contributed by atoms with Gasteiger partial charge in [0.2, 0.25) is 9.84 Å². The van der Waals surface area contributed by atoms with Crippen molar-refractivity contribution in [2.75, 3.05) is 0 Å². The molecule has 0 bridgehead atoms. The fourth-order valence-corrected chi connectivity index (χ4v) is 6.75. The molecule has 0 unspecified atom stereocenters. The molecule has 2 N–H and O–H groups in total. The molecule has 4 aromatic rings. The summed E-state index contributed by atoms with van der Waals surface area (Å²) in [5.74, 6) is 0. The van der Waals surface area contributed by atoms with Crippen molar-refractivity contribution < 1.29 is 34.4 Å². The van der Waals surface area contributed by atoms with E-state index in [1.807, 2.05) is 0 Å². The second kappa shape index (κ2) is 7.83. The van der Waals surface area contributed by atoms with Crippen LogP contribution in [0.3, 0.4) is 0 Å². The van der Waals surface area contributed by atoms with Crippen molar-refractivity contribution in [3.63, 3.8) is 0 Å². The third kappa shape index (κ3) is 4.07. The van der Waals surface area contributed by atoms with Crippen LogP contribution in [0.25, 0.3) is 33.4 Å². The third-order valence-corrected chi connectivity index (χ3v) is 9.37. The van der Waals surface area contributed by atoms with Crippen LogP contribution in [0.5, 0.6) is 0 Å². The summed E-state index contributed by atoms with van der Waals surface area (Å²) in [4.78, 5) is -0.301. The summed E-state index contributed by atoms with van der Waals surface area (Å²) in [6, 6.07) is 20.7. The van der Waals surface area contributed by atoms with E-state index < -0.39 is 30.1 Å². The van der Waals surface area contributed by atoms with Gasteiger partial charge in [-0.2, -0.15) is 16.8 Å². The van der Waals surface area contributed by atoms with Crippen LogP contribution in [0.4, 0.5) is 0 Å². The zero-order valence-electron chi connectivity index (χ0n) is 17.7. The minimum absolute atomic E-state index is 0.114. The zero-order valence-corrected chi connectivity index (χ0v) is 20.1. The fourth-order valence-electron chi connectivity index (χ4n) is 4.05. The van der Waals surface area contributed by atoms with E-state index in [1.165, 1.54) is 60.7 Å². The monoisotopic (exact) mass is 528 g/mol. The molecule has 0 aliphatic carbocycles. The summed E-state index contributed by atoms with van der Waals surface area (Å²) < 4.78 is 90.2. The molecule has 4 aromatic carbocycles. The number of sulfone groups is 1. The standard InChI is InChI=1S/C24H16O8S3/c25-33(26)23-13-17(15-1-7-19(8-2-15)34(27,28)29)5-11-21(23)22-12-6-18(14-24(22)33)16-3-9-20(10-4-16)35(30,31)32/h1-14H,(H,27,28,29)(H,30,31,32). The fraction of sp³-hybridized carbons (Fsp3) is 0. The quantitative estimate of drug-likeness (QED) is 0.328. The zero-order chi connectivity index (χ0) is 25.2. The predicted octanol–water partition coefficient (Wildman–Crippen LogP) is 4.33. The molecule has 0 radical (unpaired) electrons. The molecule has 1 aliphatic rings. The van der Waals surface area contributed by atoms with Crippen LogP contribution in [0.2, 0.25) is 0 Å². The van der Waals surface area contributed by atoms with Gasteiger partial charge in [-0.05, 0) is 58.7 Å². The number of hydrogen-bond acceptors (Lipinski definition) is 6. The predicted molar refractivity (Wildman–Crippen MR) is 128 cm³/mol. The highest BCUT2D eigenvalue weighted by atomic mass is 32.2. The number of rotatable bonds is 4. The Kier molecular flexibility index (Phi) is 5.24. The first-order valence-corrected chi connectivity index (χ1v) is 14.4. The molecule has 1 heterocycles. The summed E-state index contributed by atoms with van der Waals surface area (Å²) in [7, 11) is -12.5. The Morgan fingerprint density at radius 1 is 0.486 bits per heavy atom. The van der Waals surface area contributed by atoms with Gasteiger partial charge in [-0.15, -0.1) is 0 Å². The van der Waals surface area contributed by atoms with Crippen molar-refractivity contribution >= 4 is 30.1 Å². The molecule has 1 aliphatic heterocycles. The molecule has 0 saturated carbocycles. The van der Waals surface area contributed by atoms with Crippen molar-refractivity contribution in [1.82, 2.24) is 0 Å². The van der Waals surface area contributed by atoms with E-state index in [0.717, 1.165) is 0 Å². The van der Waals surface area contributed by atoms with Crippen LogP contribution in [0, 0.1) is 0 Å². The first kappa shape index (κ1) is 23.4. The van der Waals surface area contributed by atoms with Crippen LogP contribution < -0.4 is 0 Å². The first-order valence-electron chi connectivity index (χ1n) is 10.1.